The number of nitrogens with zero attached hydrogens (tertiary/aromatic N) is 1. The first-order valence-electron chi connectivity index (χ1n) is 5.59. The quantitative estimate of drug-likeness (QED) is 0.687. The molecule has 2 unspecified atom stereocenters. The molecule has 0 aromatic heterocycles. The highest BCUT2D eigenvalue weighted by Crippen LogP contribution is 2.12. The molecule has 1 aliphatic heterocycles. The molecule has 1 saturated heterocycles. The lowest BCUT2D eigenvalue weighted by atomic mass is 10.1. The summed E-state index contributed by atoms with van der Waals surface area (Å²) in [7, 11) is -1.39. The lowest BCUT2D eigenvalue weighted by Gasteiger charge is -2.26. The van der Waals surface area contributed by atoms with E-state index in [1.54, 1.807) is 11.9 Å². The van der Waals surface area contributed by atoms with Crippen LogP contribution in [0.2, 0.25) is 0 Å². The Morgan fingerprint density at radius 3 is 2.71 bits per heavy atom. The Labute approximate surface area is 102 Å². The summed E-state index contributed by atoms with van der Waals surface area (Å²) in [5.41, 5.74) is 5.70. The number of sulfone groups is 1. The molecule has 0 bridgehead atoms. The Morgan fingerprint density at radius 1 is 1.59 bits per heavy atom. The third kappa shape index (κ3) is 4.61. The van der Waals surface area contributed by atoms with Crippen LogP contribution < -0.4 is 5.73 Å². The second-order valence-electron chi connectivity index (χ2n) is 4.49. The molecule has 1 heterocycles. The van der Waals surface area contributed by atoms with E-state index >= 15 is 0 Å². The van der Waals surface area contributed by atoms with Crippen molar-refractivity contribution < 1.29 is 17.9 Å². The van der Waals surface area contributed by atoms with Crippen LogP contribution in [-0.2, 0) is 19.4 Å². The first-order chi connectivity index (χ1) is 7.81. The molecule has 6 nitrogen and oxygen atoms in total. The van der Waals surface area contributed by atoms with Crippen LogP contribution in [0.1, 0.15) is 12.8 Å². The van der Waals surface area contributed by atoms with Gasteiger partial charge >= 0.3 is 0 Å². The number of carbonyl (C=O) groups is 1. The second-order valence-corrected chi connectivity index (χ2v) is 6.75. The molecule has 1 fully saturated rings. The summed E-state index contributed by atoms with van der Waals surface area (Å²) in [5, 5.41) is 0. The molecule has 1 aliphatic rings. The van der Waals surface area contributed by atoms with Gasteiger partial charge in [0.1, 0.15) is 9.84 Å². The molecule has 2 atom stereocenters. The molecule has 0 saturated carbocycles. The number of hydrogen-bond acceptors (Lipinski definition) is 5. The molecule has 2 N–H and O–H groups in total. The van der Waals surface area contributed by atoms with Crippen molar-refractivity contribution in [1.29, 1.82) is 0 Å². The van der Waals surface area contributed by atoms with E-state index in [4.69, 9.17) is 10.5 Å². The highest BCUT2D eigenvalue weighted by molar-refractivity contribution is 7.90. The van der Waals surface area contributed by atoms with E-state index < -0.39 is 15.9 Å². The van der Waals surface area contributed by atoms with Crippen molar-refractivity contribution in [3.05, 3.63) is 0 Å². The van der Waals surface area contributed by atoms with Gasteiger partial charge in [-0.1, -0.05) is 0 Å². The lowest BCUT2D eigenvalue weighted by Crippen LogP contribution is -2.47. The van der Waals surface area contributed by atoms with Gasteiger partial charge in [0.25, 0.3) is 0 Å². The summed E-state index contributed by atoms with van der Waals surface area (Å²) in [6, 6.07) is -0.692. The maximum absolute atomic E-state index is 11.9. The van der Waals surface area contributed by atoms with Crippen molar-refractivity contribution in [3.8, 4) is 0 Å². The van der Waals surface area contributed by atoms with Gasteiger partial charge in [0.2, 0.25) is 5.91 Å². The number of carbonyl (C=O) groups excluding carboxylic acids is 1. The van der Waals surface area contributed by atoms with E-state index in [0.29, 0.717) is 13.2 Å². The average Bonchev–Trinajstić information content (AvgIpc) is 2.76. The Balaban J connectivity index is 2.45. The Kier molecular flexibility index (Phi) is 4.91. The third-order valence-corrected chi connectivity index (χ3v) is 3.90. The summed E-state index contributed by atoms with van der Waals surface area (Å²) in [6.45, 7) is 1.18. The summed E-state index contributed by atoms with van der Waals surface area (Å²) < 4.78 is 27.2. The minimum Gasteiger partial charge on any atom is -0.379 e. The fraction of sp³-hybridized carbons (Fsp3) is 0.900. The monoisotopic (exact) mass is 264 g/mol. The van der Waals surface area contributed by atoms with E-state index in [9.17, 15) is 13.2 Å². The van der Waals surface area contributed by atoms with Gasteiger partial charge in [-0.25, -0.2) is 8.42 Å². The van der Waals surface area contributed by atoms with Crippen molar-refractivity contribution in [2.45, 2.75) is 24.9 Å². The maximum Gasteiger partial charge on any atom is 0.239 e. The maximum atomic E-state index is 11.9. The van der Waals surface area contributed by atoms with Crippen LogP contribution in [0, 0.1) is 0 Å². The SMILES string of the molecule is CN(C(=O)C(N)CCS(C)(=O)=O)C1CCOC1. The zero-order valence-electron chi connectivity index (χ0n) is 10.3. The average molecular weight is 264 g/mol. The van der Waals surface area contributed by atoms with E-state index in [2.05, 4.69) is 0 Å². The summed E-state index contributed by atoms with van der Waals surface area (Å²) in [5.74, 6) is -0.279. The Hall–Kier alpha value is -0.660. The summed E-state index contributed by atoms with van der Waals surface area (Å²) in [4.78, 5) is 13.5. The van der Waals surface area contributed by atoms with Crippen LogP contribution in [-0.4, -0.2) is 63.6 Å². The van der Waals surface area contributed by atoms with Gasteiger partial charge in [-0.2, -0.15) is 0 Å². The third-order valence-electron chi connectivity index (χ3n) is 2.92. The van der Waals surface area contributed by atoms with Crippen LogP contribution in [0.15, 0.2) is 0 Å². The van der Waals surface area contributed by atoms with Gasteiger partial charge in [-0.05, 0) is 12.8 Å². The van der Waals surface area contributed by atoms with Crippen molar-refractivity contribution >= 4 is 15.7 Å². The lowest BCUT2D eigenvalue weighted by molar-refractivity contribution is -0.133. The highest BCUT2D eigenvalue weighted by Gasteiger charge is 2.27. The van der Waals surface area contributed by atoms with Crippen LogP contribution >= 0.6 is 0 Å². The number of ether oxygens (including phenoxy) is 1. The largest absolute Gasteiger partial charge is 0.379 e. The van der Waals surface area contributed by atoms with E-state index in [1.807, 2.05) is 0 Å². The molecule has 0 aromatic carbocycles. The van der Waals surface area contributed by atoms with Gasteiger partial charge in [0, 0.05) is 19.9 Å². The Bertz CT molecular complexity index is 363. The van der Waals surface area contributed by atoms with Crippen molar-refractivity contribution in [2.24, 2.45) is 5.73 Å². The number of nitrogens with two attached hydrogens (primary N) is 1. The normalized spacial score (nSPS) is 22.4. The van der Waals surface area contributed by atoms with Crippen molar-refractivity contribution in [3.63, 3.8) is 0 Å². The van der Waals surface area contributed by atoms with Crippen molar-refractivity contribution in [2.75, 3.05) is 32.3 Å². The molecular weight excluding hydrogens is 244 g/mol. The van der Waals surface area contributed by atoms with Gasteiger partial charge in [0.15, 0.2) is 0 Å². The first kappa shape index (κ1) is 14.4. The van der Waals surface area contributed by atoms with E-state index in [0.717, 1.165) is 12.7 Å². The number of likely N-dealkylation sites (N-methyl/N-ethyl adjacent to an activating group) is 1. The van der Waals surface area contributed by atoms with Gasteiger partial charge < -0.3 is 15.4 Å². The molecule has 0 aliphatic carbocycles. The fourth-order valence-corrected chi connectivity index (χ4v) is 2.42. The Morgan fingerprint density at radius 2 is 2.24 bits per heavy atom. The van der Waals surface area contributed by atoms with E-state index in [-0.39, 0.29) is 24.1 Å². The van der Waals surface area contributed by atoms with Gasteiger partial charge in [-0.3, -0.25) is 4.79 Å². The predicted molar refractivity (Wildman–Crippen MR) is 64.3 cm³/mol. The molecule has 7 heteroatoms. The topological polar surface area (TPSA) is 89.7 Å². The zero-order chi connectivity index (χ0) is 13.1. The van der Waals surface area contributed by atoms with E-state index in [1.165, 1.54) is 0 Å². The molecule has 0 radical (unpaired) electrons. The van der Waals surface area contributed by atoms with Crippen LogP contribution in [0.5, 0.6) is 0 Å². The molecule has 17 heavy (non-hydrogen) atoms. The fourth-order valence-electron chi connectivity index (χ4n) is 1.73. The molecule has 100 valence electrons. The molecule has 1 amide bonds. The number of amides is 1. The minimum absolute atomic E-state index is 0.0606. The predicted octanol–water partition coefficient (Wildman–Crippen LogP) is -1.00. The molecular formula is C10H20N2O4S. The summed E-state index contributed by atoms with van der Waals surface area (Å²) in [6.07, 6.45) is 2.11. The second kappa shape index (κ2) is 5.79. The highest BCUT2D eigenvalue weighted by atomic mass is 32.2. The number of rotatable bonds is 5. The first-order valence-corrected chi connectivity index (χ1v) is 7.65. The van der Waals surface area contributed by atoms with Crippen molar-refractivity contribution in [1.82, 2.24) is 4.90 Å². The van der Waals surface area contributed by atoms with Crippen LogP contribution in [0.3, 0.4) is 0 Å². The smallest absolute Gasteiger partial charge is 0.239 e. The van der Waals surface area contributed by atoms with Gasteiger partial charge in [0.05, 0.1) is 24.4 Å². The summed E-state index contributed by atoms with van der Waals surface area (Å²) >= 11 is 0. The molecule has 0 spiro atoms. The molecule has 0 aromatic rings. The zero-order valence-corrected chi connectivity index (χ0v) is 11.1. The number of hydrogen-bond donors (Lipinski definition) is 1. The van der Waals surface area contributed by atoms with Crippen LogP contribution in [0.4, 0.5) is 0 Å². The van der Waals surface area contributed by atoms with Crippen LogP contribution in [0.25, 0.3) is 0 Å². The van der Waals surface area contributed by atoms with Gasteiger partial charge in [-0.15, -0.1) is 0 Å². The molecule has 1 rings (SSSR count). The standard InChI is InChI=1S/C10H20N2O4S/c1-12(8-3-5-16-7-8)10(13)9(11)4-6-17(2,14)15/h8-9H,3-7,11H2,1-2H3. The minimum atomic E-state index is -3.07.